The predicted octanol–water partition coefficient (Wildman–Crippen LogP) is 2.44. The van der Waals surface area contributed by atoms with Gasteiger partial charge in [0, 0.05) is 19.0 Å². The van der Waals surface area contributed by atoms with Crippen molar-refractivity contribution in [2.24, 2.45) is 5.92 Å². The lowest BCUT2D eigenvalue weighted by atomic mass is 9.99. The molecule has 13 heavy (non-hydrogen) atoms. The molecule has 76 valence electrons. The van der Waals surface area contributed by atoms with Crippen molar-refractivity contribution in [1.29, 1.82) is 0 Å². The van der Waals surface area contributed by atoms with E-state index in [0.717, 1.165) is 19.5 Å². The van der Waals surface area contributed by atoms with Crippen LogP contribution in [0.25, 0.3) is 0 Å². The molecule has 1 aliphatic heterocycles. The SMILES string of the molecule is CCCCCN1CCCC(C)C1=O. The first-order valence-electron chi connectivity index (χ1n) is 5.54. The Kier molecular flexibility index (Phi) is 4.26. The van der Waals surface area contributed by atoms with Crippen molar-refractivity contribution < 1.29 is 4.79 Å². The van der Waals surface area contributed by atoms with Crippen molar-refractivity contribution in [2.45, 2.75) is 46.0 Å². The zero-order valence-electron chi connectivity index (χ0n) is 8.88. The minimum Gasteiger partial charge on any atom is -0.342 e. The first-order chi connectivity index (χ1) is 6.25. The van der Waals surface area contributed by atoms with Crippen LogP contribution in [0.5, 0.6) is 0 Å². The van der Waals surface area contributed by atoms with Gasteiger partial charge in [-0.05, 0) is 19.3 Å². The third kappa shape index (κ3) is 3.02. The molecular formula is C11H21NO. The minimum atomic E-state index is 0.273. The van der Waals surface area contributed by atoms with Crippen molar-refractivity contribution in [3.8, 4) is 0 Å². The monoisotopic (exact) mass is 183 g/mol. The Morgan fingerprint density at radius 3 is 2.92 bits per heavy atom. The van der Waals surface area contributed by atoms with E-state index in [9.17, 15) is 4.79 Å². The van der Waals surface area contributed by atoms with Crippen LogP contribution in [0.2, 0.25) is 0 Å². The van der Waals surface area contributed by atoms with Crippen LogP contribution < -0.4 is 0 Å². The van der Waals surface area contributed by atoms with Gasteiger partial charge >= 0.3 is 0 Å². The lowest BCUT2D eigenvalue weighted by Crippen LogP contribution is -2.40. The van der Waals surface area contributed by atoms with Gasteiger partial charge in [0.15, 0.2) is 0 Å². The van der Waals surface area contributed by atoms with Gasteiger partial charge in [0.1, 0.15) is 0 Å². The number of carbonyl (C=O) groups excluding carboxylic acids is 1. The van der Waals surface area contributed by atoms with Crippen LogP contribution in [0.15, 0.2) is 0 Å². The Balaban J connectivity index is 2.27. The van der Waals surface area contributed by atoms with Gasteiger partial charge in [-0.3, -0.25) is 4.79 Å². The summed E-state index contributed by atoms with van der Waals surface area (Å²) in [6, 6.07) is 0. The van der Waals surface area contributed by atoms with E-state index in [1.807, 2.05) is 11.8 Å². The summed E-state index contributed by atoms with van der Waals surface area (Å²) in [6.45, 7) is 6.22. The fraction of sp³-hybridized carbons (Fsp3) is 0.909. The Labute approximate surface area is 81.3 Å². The quantitative estimate of drug-likeness (QED) is 0.613. The Bertz CT molecular complexity index is 167. The third-order valence-corrected chi connectivity index (χ3v) is 2.83. The molecule has 0 aromatic rings. The van der Waals surface area contributed by atoms with Crippen molar-refractivity contribution in [3.63, 3.8) is 0 Å². The highest BCUT2D eigenvalue weighted by Gasteiger charge is 2.23. The van der Waals surface area contributed by atoms with E-state index >= 15 is 0 Å². The van der Waals surface area contributed by atoms with Crippen LogP contribution in [0.3, 0.4) is 0 Å². The minimum absolute atomic E-state index is 0.273. The molecule has 0 spiro atoms. The van der Waals surface area contributed by atoms with Crippen molar-refractivity contribution in [3.05, 3.63) is 0 Å². The Hall–Kier alpha value is -0.530. The van der Waals surface area contributed by atoms with Crippen LogP contribution in [0, 0.1) is 5.92 Å². The summed E-state index contributed by atoms with van der Waals surface area (Å²) in [5.74, 6) is 0.651. The maximum Gasteiger partial charge on any atom is 0.225 e. The molecular weight excluding hydrogens is 162 g/mol. The number of amides is 1. The molecule has 1 saturated heterocycles. The lowest BCUT2D eigenvalue weighted by Gasteiger charge is -2.30. The fourth-order valence-corrected chi connectivity index (χ4v) is 1.91. The number of hydrogen-bond donors (Lipinski definition) is 0. The zero-order chi connectivity index (χ0) is 9.68. The molecule has 2 heteroatoms. The smallest absolute Gasteiger partial charge is 0.225 e. The number of nitrogens with zero attached hydrogens (tertiary/aromatic N) is 1. The summed E-state index contributed by atoms with van der Waals surface area (Å²) < 4.78 is 0. The highest BCUT2D eigenvalue weighted by Crippen LogP contribution is 2.17. The molecule has 0 aliphatic carbocycles. The molecule has 1 unspecified atom stereocenters. The van der Waals surface area contributed by atoms with E-state index in [0.29, 0.717) is 5.91 Å². The van der Waals surface area contributed by atoms with Gasteiger partial charge in [-0.15, -0.1) is 0 Å². The van der Waals surface area contributed by atoms with Crippen LogP contribution in [-0.4, -0.2) is 23.9 Å². The molecule has 0 bridgehead atoms. The molecule has 0 N–H and O–H groups in total. The summed E-state index contributed by atoms with van der Waals surface area (Å²) in [7, 11) is 0. The molecule has 2 nitrogen and oxygen atoms in total. The highest BCUT2D eigenvalue weighted by atomic mass is 16.2. The second kappa shape index (κ2) is 5.25. The van der Waals surface area contributed by atoms with Crippen molar-refractivity contribution >= 4 is 5.91 Å². The van der Waals surface area contributed by atoms with Gasteiger partial charge in [-0.25, -0.2) is 0 Å². The number of hydrogen-bond acceptors (Lipinski definition) is 1. The number of carbonyl (C=O) groups is 1. The molecule has 1 amide bonds. The number of likely N-dealkylation sites (tertiary alicyclic amines) is 1. The first kappa shape index (κ1) is 10.6. The van der Waals surface area contributed by atoms with Gasteiger partial charge in [0.25, 0.3) is 0 Å². The Morgan fingerprint density at radius 1 is 1.46 bits per heavy atom. The summed E-state index contributed by atoms with van der Waals surface area (Å²) in [5, 5.41) is 0. The summed E-state index contributed by atoms with van der Waals surface area (Å²) in [6.07, 6.45) is 5.94. The fourth-order valence-electron chi connectivity index (χ4n) is 1.91. The van der Waals surface area contributed by atoms with E-state index < -0.39 is 0 Å². The van der Waals surface area contributed by atoms with E-state index in [2.05, 4.69) is 6.92 Å². The van der Waals surface area contributed by atoms with Crippen molar-refractivity contribution in [1.82, 2.24) is 4.90 Å². The van der Waals surface area contributed by atoms with Crippen LogP contribution >= 0.6 is 0 Å². The number of rotatable bonds is 4. The molecule has 0 saturated carbocycles. The second-order valence-electron chi connectivity index (χ2n) is 4.08. The molecule has 1 heterocycles. The van der Waals surface area contributed by atoms with E-state index in [4.69, 9.17) is 0 Å². The zero-order valence-corrected chi connectivity index (χ0v) is 8.88. The highest BCUT2D eigenvalue weighted by molar-refractivity contribution is 5.79. The van der Waals surface area contributed by atoms with Crippen LogP contribution in [0.1, 0.15) is 46.0 Å². The van der Waals surface area contributed by atoms with Gasteiger partial charge in [-0.2, -0.15) is 0 Å². The first-order valence-corrected chi connectivity index (χ1v) is 5.54. The maximum atomic E-state index is 11.6. The average Bonchev–Trinajstić information content (AvgIpc) is 2.13. The molecule has 1 aliphatic rings. The van der Waals surface area contributed by atoms with Gasteiger partial charge < -0.3 is 4.90 Å². The summed E-state index contributed by atoms with van der Waals surface area (Å²) >= 11 is 0. The lowest BCUT2D eigenvalue weighted by molar-refractivity contribution is -0.137. The Morgan fingerprint density at radius 2 is 2.23 bits per heavy atom. The molecule has 1 fully saturated rings. The van der Waals surface area contributed by atoms with Gasteiger partial charge in [-0.1, -0.05) is 26.7 Å². The molecule has 0 aromatic heterocycles. The molecule has 1 rings (SSSR count). The second-order valence-corrected chi connectivity index (χ2v) is 4.08. The van der Waals surface area contributed by atoms with E-state index in [1.165, 1.54) is 25.7 Å². The van der Waals surface area contributed by atoms with Gasteiger partial charge in [0.05, 0.1) is 0 Å². The third-order valence-electron chi connectivity index (χ3n) is 2.83. The normalized spacial score (nSPS) is 23.7. The molecule has 0 aromatic carbocycles. The standard InChI is InChI=1S/C11H21NO/c1-3-4-5-8-12-9-6-7-10(2)11(12)13/h10H,3-9H2,1-2H3. The summed E-state index contributed by atoms with van der Waals surface area (Å²) in [5.41, 5.74) is 0. The maximum absolute atomic E-state index is 11.6. The number of unbranched alkanes of at least 4 members (excludes halogenated alkanes) is 2. The largest absolute Gasteiger partial charge is 0.342 e. The predicted molar refractivity (Wildman–Crippen MR) is 54.5 cm³/mol. The van der Waals surface area contributed by atoms with Crippen LogP contribution in [-0.2, 0) is 4.79 Å². The molecule has 1 atom stereocenters. The molecule has 0 radical (unpaired) electrons. The summed E-state index contributed by atoms with van der Waals surface area (Å²) in [4.78, 5) is 13.7. The van der Waals surface area contributed by atoms with Crippen LogP contribution in [0.4, 0.5) is 0 Å². The van der Waals surface area contributed by atoms with E-state index in [1.54, 1.807) is 0 Å². The van der Waals surface area contributed by atoms with E-state index in [-0.39, 0.29) is 5.92 Å². The van der Waals surface area contributed by atoms with Gasteiger partial charge in [0.2, 0.25) is 5.91 Å². The average molecular weight is 183 g/mol. The topological polar surface area (TPSA) is 20.3 Å². The van der Waals surface area contributed by atoms with Crippen molar-refractivity contribution in [2.75, 3.05) is 13.1 Å². The number of piperidine rings is 1.